The smallest absolute Gasteiger partial charge is 0.248 e. The molecule has 0 radical (unpaired) electrons. The molecule has 7 heteroatoms. The number of carbonyl (C=O) groups is 2. The van der Waals surface area contributed by atoms with Gasteiger partial charge in [0.05, 0.1) is 5.69 Å². The van der Waals surface area contributed by atoms with Crippen LogP contribution in [0.15, 0.2) is 54.7 Å². The van der Waals surface area contributed by atoms with Crippen LogP contribution in [0.5, 0.6) is 0 Å². The Morgan fingerprint density at radius 2 is 2.08 bits per heavy atom. The van der Waals surface area contributed by atoms with Crippen molar-refractivity contribution in [2.45, 2.75) is 6.54 Å². The summed E-state index contributed by atoms with van der Waals surface area (Å²) in [6.07, 6.45) is 4.82. The van der Waals surface area contributed by atoms with E-state index in [1.807, 2.05) is 24.4 Å². The molecule has 0 fully saturated rings. The van der Waals surface area contributed by atoms with Crippen molar-refractivity contribution >= 4 is 35.1 Å². The van der Waals surface area contributed by atoms with E-state index in [2.05, 4.69) is 10.3 Å². The number of hydrogen-bond acceptors (Lipinski definition) is 3. The normalized spacial score (nSPS) is 11.1. The van der Waals surface area contributed by atoms with Gasteiger partial charge in [-0.3, -0.25) is 14.0 Å². The number of hydrogen-bond donors (Lipinski definition) is 2. The van der Waals surface area contributed by atoms with Crippen molar-refractivity contribution in [1.82, 2.24) is 14.7 Å². The fourth-order valence-electron chi connectivity index (χ4n) is 2.37. The van der Waals surface area contributed by atoms with E-state index >= 15 is 0 Å². The molecule has 3 rings (SSSR count). The summed E-state index contributed by atoms with van der Waals surface area (Å²) >= 11 is 6.11. The first-order valence-electron chi connectivity index (χ1n) is 7.52. The summed E-state index contributed by atoms with van der Waals surface area (Å²) in [7, 11) is 0. The summed E-state index contributed by atoms with van der Waals surface area (Å²) in [6.45, 7) is 0.283. The van der Waals surface area contributed by atoms with Crippen molar-refractivity contribution in [3.05, 3.63) is 76.7 Å². The molecular weight excluding hydrogens is 340 g/mol. The van der Waals surface area contributed by atoms with Crippen molar-refractivity contribution in [1.29, 1.82) is 0 Å². The lowest BCUT2D eigenvalue weighted by Crippen LogP contribution is -2.20. The van der Waals surface area contributed by atoms with Crippen LogP contribution in [0.3, 0.4) is 0 Å². The van der Waals surface area contributed by atoms with E-state index in [1.165, 1.54) is 6.08 Å². The van der Waals surface area contributed by atoms with Gasteiger partial charge in [0, 0.05) is 24.4 Å². The number of aromatic nitrogens is 2. The van der Waals surface area contributed by atoms with Gasteiger partial charge in [-0.15, -0.1) is 0 Å². The predicted octanol–water partition coefficient (Wildman–Crippen LogP) is 2.42. The van der Waals surface area contributed by atoms with Crippen LogP contribution >= 0.6 is 11.6 Å². The standard InChI is InChI=1S/C18H15ClN4O2/c19-17-14(23-9-2-1-6-15(23)22-17)7-8-16(24)21-11-12-4-3-5-13(10-12)18(20)25/h1-10H,11H2,(H2,20,25)(H,21,24)/b8-7+. The molecule has 0 aliphatic rings. The lowest BCUT2D eigenvalue weighted by Gasteiger charge is -2.04. The zero-order valence-corrected chi connectivity index (χ0v) is 13.9. The van der Waals surface area contributed by atoms with E-state index in [0.29, 0.717) is 22.1 Å². The summed E-state index contributed by atoms with van der Waals surface area (Å²) in [4.78, 5) is 27.4. The van der Waals surface area contributed by atoms with Crippen LogP contribution in [0.2, 0.25) is 5.15 Å². The highest BCUT2D eigenvalue weighted by molar-refractivity contribution is 6.31. The quantitative estimate of drug-likeness (QED) is 0.689. The summed E-state index contributed by atoms with van der Waals surface area (Å²) in [5.74, 6) is -0.790. The molecule has 0 atom stereocenters. The van der Waals surface area contributed by atoms with Gasteiger partial charge in [0.15, 0.2) is 5.15 Å². The molecule has 0 saturated carbocycles. The van der Waals surface area contributed by atoms with Crippen molar-refractivity contribution in [3.63, 3.8) is 0 Å². The molecule has 2 aromatic heterocycles. The number of amides is 2. The molecule has 25 heavy (non-hydrogen) atoms. The number of fused-ring (bicyclic) bond motifs is 1. The van der Waals surface area contributed by atoms with Gasteiger partial charge in [-0.05, 0) is 35.9 Å². The highest BCUT2D eigenvalue weighted by Crippen LogP contribution is 2.18. The van der Waals surface area contributed by atoms with Crippen LogP contribution in [0.25, 0.3) is 11.7 Å². The molecule has 0 bridgehead atoms. The third-order valence-electron chi connectivity index (χ3n) is 3.59. The molecule has 0 aliphatic heterocycles. The fraction of sp³-hybridized carbons (Fsp3) is 0.0556. The van der Waals surface area contributed by atoms with Gasteiger partial charge in [0.1, 0.15) is 5.65 Å². The minimum atomic E-state index is -0.504. The summed E-state index contributed by atoms with van der Waals surface area (Å²) in [6, 6.07) is 12.3. The Hall–Kier alpha value is -3.12. The summed E-state index contributed by atoms with van der Waals surface area (Å²) in [5.41, 5.74) is 7.76. The molecule has 6 nitrogen and oxygen atoms in total. The average Bonchev–Trinajstić information content (AvgIpc) is 2.93. The first-order valence-corrected chi connectivity index (χ1v) is 7.89. The van der Waals surface area contributed by atoms with Gasteiger partial charge < -0.3 is 11.1 Å². The van der Waals surface area contributed by atoms with Crippen molar-refractivity contribution < 1.29 is 9.59 Å². The predicted molar refractivity (Wildman–Crippen MR) is 96.0 cm³/mol. The van der Waals surface area contributed by atoms with Gasteiger partial charge in [0.2, 0.25) is 11.8 Å². The topological polar surface area (TPSA) is 89.5 Å². The number of imidazole rings is 1. The van der Waals surface area contributed by atoms with E-state index < -0.39 is 5.91 Å². The Bertz CT molecular complexity index is 978. The number of nitrogens with zero attached hydrogens (tertiary/aromatic N) is 2. The summed E-state index contributed by atoms with van der Waals surface area (Å²) in [5, 5.41) is 3.07. The third kappa shape index (κ3) is 3.87. The van der Waals surface area contributed by atoms with Crippen LogP contribution in [0.1, 0.15) is 21.6 Å². The van der Waals surface area contributed by atoms with E-state index in [4.69, 9.17) is 17.3 Å². The van der Waals surface area contributed by atoms with Crippen LogP contribution in [0.4, 0.5) is 0 Å². The second-order valence-corrected chi connectivity index (χ2v) is 5.69. The van der Waals surface area contributed by atoms with Gasteiger partial charge in [-0.2, -0.15) is 0 Å². The Balaban J connectivity index is 1.68. The Labute approximate surface area is 148 Å². The second-order valence-electron chi connectivity index (χ2n) is 5.33. The lowest BCUT2D eigenvalue weighted by molar-refractivity contribution is -0.116. The summed E-state index contributed by atoms with van der Waals surface area (Å²) < 4.78 is 1.79. The maximum absolute atomic E-state index is 12.0. The number of benzene rings is 1. The number of primary amides is 1. The molecule has 0 aliphatic carbocycles. The molecule has 0 spiro atoms. The maximum Gasteiger partial charge on any atom is 0.248 e. The number of rotatable bonds is 5. The minimum absolute atomic E-state index is 0.283. The minimum Gasteiger partial charge on any atom is -0.366 e. The number of nitrogens with one attached hydrogen (secondary N) is 1. The fourth-order valence-corrected chi connectivity index (χ4v) is 2.61. The first-order chi connectivity index (χ1) is 12.0. The molecule has 126 valence electrons. The second kappa shape index (κ2) is 7.19. The molecule has 2 heterocycles. The highest BCUT2D eigenvalue weighted by atomic mass is 35.5. The number of carbonyl (C=O) groups excluding carboxylic acids is 2. The van der Waals surface area contributed by atoms with E-state index in [9.17, 15) is 9.59 Å². The molecule has 3 aromatic rings. The molecule has 0 saturated heterocycles. The lowest BCUT2D eigenvalue weighted by atomic mass is 10.1. The zero-order chi connectivity index (χ0) is 17.8. The molecular formula is C18H15ClN4O2. The average molecular weight is 355 g/mol. The maximum atomic E-state index is 12.0. The number of pyridine rings is 1. The van der Waals surface area contributed by atoms with Crippen LogP contribution < -0.4 is 11.1 Å². The Kier molecular flexibility index (Phi) is 4.81. The van der Waals surface area contributed by atoms with Gasteiger partial charge in [-0.25, -0.2) is 4.98 Å². The van der Waals surface area contributed by atoms with Crippen LogP contribution in [-0.2, 0) is 11.3 Å². The number of halogens is 1. The molecule has 2 amide bonds. The van der Waals surface area contributed by atoms with Gasteiger partial charge in [-0.1, -0.05) is 29.8 Å². The SMILES string of the molecule is NC(=O)c1cccc(CNC(=O)/C=C/c2c(Cl)nc3ccccn23)c1. The Morgan fingerprint density at radius 3 is 2.88 bits per heavy atom. The Morgan fingerprint density at radius 1 is 1.24 bits per heavy atom. The van der Waals surface area contributed by atoms with Crippen molar-refractivity contribution in [2.24, 2.45) is 5.73 Å². The molecule has 3 N–H and O–H groups in total. The zero-order valence-electron chi connectivity index (χ0n) is 13.1. The van der Waals surface area contributed by atoms with Gasteiger partial charge in [0.25, 0.3) is 0 Å². The van der Waals surface area contributed by atoms with Gasteiger partial charge >= 0.3 is 0 Å². The largest absolute Gasteiger partial charge is 0.366 e. The molecule has 1 aromatic carbocycles. The van der Waals surface area contributed by atoms with Crippen LogP contribution in [0, 0.1) is 0 Å². The first kappa shape index (κ1) is 16.7. The van der Waals surface area contributed by atoms with Crippen LogP contribution in [-0.4, -0.2) is 21.2 Å². The number of nitrogens with two attached hydrogens (primary N) is 1. The third-order valence-corrected chi connectivity index (χ3v) is 3.87. The van der Waals surface area contributed by atoms with E-state index in [0.717, 1.165) is 5.56 Å². The highest BCUT2D eigenvalue weighted by Gasteiger charge is 2.07. The monoisotopic (exact) mass is 354 g/mol. The molecule has 0 unspecified atom stereocenters. The van der Waals surface area contributed by atoms with Crippen molar-refractivity contribution in [3.8, 4) is 0 Å². The van der Waals surface area contributed by atoms with Crippen molar-refractivity contribution in [2.75, 3.05) is 0 Å². The van der Waals surface area contributed by atoms with E-state index in [1.54, 1.807) is 34.7 Å². The van der Waals surface area contributed by atoms with E-state index in [-0.39, 0.29) is 12.5 Å².